The van der Waals surface area contributed by atoms with Gasteiger partial charge in [-0.1, -0.05) is 11.6 Å². The lowest BCUT2D eigenvalue weighted by Gasteiger charge is -2.10. The maximum atomic E-state index is 12.4. The first kappa shape index (κ1) is 11.6. The number of nitriles is 1. The summed E-state index contributed by atoms with van der Waals surface area (Å²) in [5, 5.41) is 8.46. The zero-order valence-corrected chi connectivity index (χ0v) is 9.41. The highest BCUT2D eigenvalue weighted by Gasteiger charge is 2.34. The molecule has 0 aliphatic carbocycles. The molecule has 0 fully saturated rings. The summed E-state index contributed by atoms with van der Waals surface area (Å²) in [4.78, 5) is 0. The fourth-order valence-corrected chi connectivity index (χ4v) is 1.83. The number of hydrogen-bond donors (Lipinski definition) is 0. The summed E-state index contributed by atoms with van der Waals surface area (Å²) in [6.07, 6.45) is -4.48. The van der Waals surface area contributed by atoms with Crippen molar-refractivity contribution >= 4 is 34.2 Å². The molecule has 0 aliphatic heterocycles. The van der Waals surface area contributed by atoms with Crippen LogP contribution in [-0.2, 0) is 6.18 Å². The molecular formula is C8H2ClF3IN. The highest BCUT2D eigenvalue weighted by Crippen LogP contribution is 2.35. The molecule has 14 heavy (non-hydrogen) atoms. The van der Waals surface area contributed by atoms with Gasteiger partial charge in [-0.2, -0.15) is 18.4 Å². The van der Waals surface area contributed by atoms with Gasteiger partial charge in [0, 0.05) is 8.59 Å². The van der Waals surface area contributed by atoms with E-state index in [1.807, 2.05) is 0 Å². The van der Waals surface area contributed by atoms with Crippen LogP contribution in [0.2, 0.25) is 5.02 Å². The molecule has 0 saturated carbocycles. The van der Waals surface area contributed by atoms with Gasteiger partial charge in [0.15, 0.2) is 0 Å². The van der Waals surface area contributed by atoms with Crippen molar-refractivity contribution in [3.8, 4) is 6.07 Å². The van der Waals surface area contributed by atoms with Crippen molar-refractivity contribution in [3.63, 3.8) is 0 Å². The molecule has 0 aliphatic rings. The minimum absolute atomic E-state index is 0.0644. The van der Waals surface area contributed by atoms with E-state index in [0.29, 0.717) is 0 Å². The zero-order valence-electron chi connectivity index (χ0n) is 6.49. The molecule has 1 nitrogen and oxygen atoms in total. The van der Waals surface area contributed by atoms with Crippen molar-refractivity contribution < 1.29 is 13.2 Å². The van der Waals surface area contributed by atoms with Gasteiger partial charge in [0.2, 0.25) is 0 Å². The Morgan fingerprint density at radius 3 is 2.36 bits per heavy atom. The summed E-state index contributed by atoms with van der Waals surface area (Å²) in [6, 6.07) is 3.67. The Labute approximate surface area is 96.6 Å². The van der Waals surface area contributed by atoms with Crippen molar-refractivity contribution in [2.75, 3.05) is 0 Å². The van der Waals surface area contributed by atoms with Crippen LogP contribution >= 0.6 is 34.2 Å². The lowest BCUT2D eigenvalue weighted by atomic mass is 10.1. The van der Waals surface area contributed by atoms with Crippen LogP contribution in [-0.4, -0.2) is 0 Å². The van der Waals surface area contributed by atoms with Crippen LogP contribution in [0, 0.1) is 14.9 Å². The van der Waals surface area contributed by atoms with Crippen molar-refractivity contribution in [1.29, 1.82) is 5.26 Å². The van der Waals surface area contributed by atoms with Gasteiger partial charge in [-0.05, 0) is 34.7 Å². The molecule has 0 heterocycles. The Morgan fingerprint density at radius 2 is 1.93 bits per heavy atom. The van der Waals surface area contributed by atoms with Crippen LogP contribution in [0.5, 0.6) is 0 Å². The predicted molar refractivity (Wildman–Crippen MR) is 53.9 cm³/mol. The van der Waals surface area contributed by atoms with Gasteiger partial charge in [-0.25, -0.2) is 0 Å². The van der Waals surface area contributed by atoms with E-state index in [-0.39, 0.29) is 14.2 Å². The van der Waals surface area contributed by atoms with Crippen LogP contribution in [0.1, 0.15) is 11.1 Å². The smallest absolute Gasteiger partial charge is 0.192 e. The first-order valence-electron chi connectivity index (χ1n) is 3.32. The average molecular weight is 331 g/mol. The first-order chi connectivity index (χ1) is 6.36. The molecule has 0 atom stereocenters. The molecule has 1 aromatic rings. The third kappa shape index (κ3) is 2.30. The summed E-state index contributed by atoms with van der Waals surface area (Å²) in [7, 11) is 0. The number of rotatable bonds is 0. The lowest BCUT2D eigenvalue weighted by molar-refractivity contribution is -0.138. The molecule has 1 rings (SSSR count). The molecule has 0 saturated heterocycles. The highest BCUT2D eigenvalue weighted by molar-refractivity contribution is 14.1. The average Bonchev–Trinajstić information content (AvgIpc) is 2.06. The predicted octanol–water partition coefficient (Wildman–Crippen LogP) is 3.84. The summed E-state index contributed by atoms with van der Waals surface area (Å²) in [5.74, 6) is 0. The van der Waals surface area contributed by atoms with Gasteiger partial charge in [0.05, 0.1) is 11.1 Å². The molecule has 6 heteroatoms. The molecule has 0 aromatic heterocycles. The van der Waals surface area contributed by atoms with E-state index < -0.39 is 11.7 Å². The first-order valence-corrected chi connectivity index (χ1v) is 4.78. The minimum Gasteiger partial charge on any atom is -0.192 e. The number of hydrogen-bond acceptors (Lipinski definition) is 1. The number of benzene rings is 1. The summed E-state index contributed by atoms with van der Waals surface area (Å²) in [5.41, 5.74) is -0.937. The maximum absolute atomic E-state index is 12.4. The Morgan fingerprint density at radius 1 is 1.36 bits per heavy atom. The normalized spacial score (nSPS) is 11.1. The fraction of sp³-hybridized carbons (Fsp3) is 0.125. The van der Waals surface area contributed by atoms with Gasteiger partial charge in [-0.3, -0.25) is 0 Å². The van der Waals surface area contributed by atoms with Crippen molar-refractivity contribution in [2.24, 2.45) is 0 Å². The van der Waals surface area contributed by atoms with Gasteiger partial charge >= 0.3 is 6.18 Å². The van der Waals surface area contributed by atoms with E-state index in [1.54, 1.807) is 6.07 Å². The molecule has 0 N–H and O–H groups in total. The summed E-state index contributed by atoms with van der Waals surface area (Å²) < 4.78 is 37.0. The van der Waals surface area contributed by atoms with Crippen molar-refractivity contribution in [3.05, 3.63) is 31.9 Å². The Balaban J connectivity index is 3.47. The second-order valence-electron chi connectivity index (χ2n) is 2.42. The topological polar surface area (TPSA) is 23.8 Å². The Hall–Kier alpha value is -0.480. The number of halogens is 5. The fourth-order valence-electron chi connectivity index (χ4n) is 0.877. The zero-order chi connectivity index (χ0) is 10.9. The van der Waals surface area contributed by atoms with E-state index in [1.165, 1.54) is 28.7 Å². The van der Waals surface area contributed by atoms with E-state index >= 15 is 0 Å². The molecule has 0 spiro atoms. The van der Waals surface area contributed by atoms with Crippen molar-refractivity contribution in [1.82, 2.24) is 0 Å². The molecule has 0 radical (unpaired) electrons. The molecule has 0 bridgehead atoms. The molecular weight excluding hydrogens is 329 g/mol. The Bertz CT molecular complexity index is 408. The van der Waals surface area contributed by atoms with Gasteiger partial charge in [0.1, 0.15) is 6.07 Å². The largest absolute Gasteiger partial charge is 0.417 e. The van der Waals surface area contributed by atoms with E-state index in [9.17, 15) is 13.2 Å². The van der Waals surface area contributed by atoms with Crippen LogP contribution < -0.4 is 0 Å². The van der Waals surface area contributed by atoms with E-state index in [4.69, 9.17) is 16.9 Å². The van der Waals surface area contributed by atoms with Crippen molar-refractivity contribution in [2.45, 2.75) is 6.18 Å². The molecule has 0 unspecified atom stereocenters. The second kappa shape index (κ2) is 3.95. The van der Waals surface area contributed by atoms with Crippen LogP contribution in [0.4, 0.5) is 13.2 Å². The number of nitrogens with zero attached hydrogens (tertiary/aromatic N) is 1. The van der Waals surface area contributed by atoms with Gasteiger partial charge in [-0.15, -0.1) is 0 Å². The third-order valence-electron chi connectivity index (χ3n) is 1.46. The quantitative estimate of drug-likeness (QED) is 0.663. The molecule has 0 amide bonds. The molecule has 1 aromatic carbocycles. The molecule has 74 valence electrons. The second-order valence-corrected chi connectivity index (χ2v) is 3.94. The lowest BCUT2D eigenvalue weighted by Crippen LogP contribution is -2.08. The van der Waals surface area contributed by atoms with Gasteiger partial charge < -0.3 is 0 Å². The summed E-state index contributed by atoms with van der Waals surface area (Å²) in [6.45, 7) is 0. The Kier molecular flexibility index (Phi) is 3.27. The standard InChI is InChI=1S/C8H2ClF3IN/c9-5-1-4(3-14)7(13)6(2-5)8(10,11)12/h1-2H. The van der Waals surface area contributed by atoms with Crippen LogP contribution in [0.15, 0.2) is 12.1 Å². The monoisotopic (exact) mass is 331 g/mol. The number of alkyl halides is 3. The SMILES string of the molecule is N#Cc1cc(Cl)cc(C(F)(F)F)c1I. The van der Waals surface area contributed by atoms with Gasteiger partial charge in [0.25, 0.3) is 0 Å². The van der Waals surface area contributed by atoms with Crippen LogP contribution in [0.3, 0.4) is 0 Å². The van der Waals surface area contributed by atoms with Crippen LogP contribution in [0.25, 0.3) is 0 Å². The van der Waals surface area contributed by atoms with E-state index in [0.717, 1.165) is 6.07 Å². The summed E-state index contributed by atoms with van der Waals surface area (Å²) >= 11 is 6.93. The van der Waals surface area contributed by atoms with E-state index in [2.05, 4.69) is 0 Å². The highest BCUT2D eigenvalue weighted by atomic mass is 127. The maximum Gasteiger partial charge on any atom is 0.417 e. The third-order valence-corrected chi connectivity index (χ3v) is 2.84. The minimum atomic E-state index is -4.48.